The van der Waals surface area contributed by atoms with Crippen molar-refractivity contribution in [2.45, 2.75) is 20.5 Å². The Hall–Kier alpha value is -1.96. The highest BCUT2D eigenvalue weighted by atomic mass is 79.9. The van der Waals surface area contributed by atoms with Crippen LogP contribution >= 0.6 is 15.9 Å². The lowest BCUT2D eigenvalue weighted by Gasteiger charge is -2.08. The third-order valence-corrected chi connectivity index (χ3v) is 3.41. The average Bonchev–Trinajstić information content (AvgIpc) is 2.83. The van der Waals surface area contributed by atoms with Gasteiger partial charge in [-0.3, -0.25) is 0 Å². The van der Waals surface area contributed by atoms with E-state index in [1.54, 1.807) is 26.0 Å². The van der Waals surface area contributed by atoms with Crippen molar-refractivity contribution < 1.29 is 23.0 Å². The van der Waals surface area contributed by atoms with Gasteiger partial charge in [0.05, 0.1) is 22.5 Å². The highest BCUT2D eigenvalue weighted by molar-refractivity contribution is 9.10. The van der Waals surface area contributed by atoms with Crippen molar-refractivity contribution in [1.29, 1.82) is 0 Å². The number of ether oxygens (including phenoxy) is 2. The normalized spacial score (nSPS) is 10.8. The maximum atomic E-state index is 12.2. The molecule has 0 amide bonds. The number of benzene rings is 1. The lowest BCUT2D eigenvalue weighted by atomic mass is 10.2. The Morgan fingerprint density at radius 2 is 2.18 bits per heavy atom. The number of carbonyl (C=O) groups is 1. The van der Waals surface area contributed by atoms with Crippen LogP contribution in [-0.4, -0.2) is 29.0 Å². The fourth-order valence-electron chi connectivity index (χ4n) is 1.83. The van der Waals surface area contributed by atoms with E-state index < -0.39 is 12.6 Å². The zero-order chi connectivity index (χ0) is 16.3. The van der Waals surface area contributed by atoms with Gasteiger partial charge in [0, 0.05) is 6.20 Å². The molecule has 22 heavy (non-hydrogen) atoms. The molecule has 0 spiro atoms. The van der Waals surface area contributed by atoms with Crippen molar-refractivity contribution in [2.75, 3.05) is 6.61 Å². The maximum absolute atomic E-state index is 12.2. The Balaban J connectivity index is 2.31. The molecule has 0 atom stereocenters. The van der Waals surface area contributed by atoms with Crippen LogP contribution in [0.15, 0.2) is 28.9 Å². The molecule has 0 fully saturated rings. The van der Waals surface area contributed by atoms with E-state index in [0.29, 0.717) is 21.4 Å². The lowest BCUT2D eigenvalue weighted by Crippen LogP contribution is -2.04. The number of rotatable bonds is 5. The highest BCUT2D eigenvalue weighted by Crippen LogP contribution is 2.29. The number of halogens is 3. The van der Waals surface area contributed by atoms with Crippen molar-refractivity contribution in [3.05, 3.63) is 40.1 Å². The molecule has 0 saturated carbocycles. The molecular formula is C14H13BrF2N2O3. The van der Waals surface area contributed by atoms with Crippen LogP contribution in [0, 0.1) is 6.92 Å². The van der Waals surface area contributed by atoms with Gasteiger partial charge in [-0.15, -0.1) is 0 Å². The largest absolute Gasteiger partial charge is 0.462 e. The molecule has 0 aliphatic rings. The average molecular weight is 375 g/mol. The Morgan fingerprint density at radius 3 is 2.77 bits per heavy atom. The minimum absolute atomic E-state index is 0.0215. The number of hydrogen-bond donors (Lipinski definition) is 0. The second-order valence-corrected chi connectivity index (χ2v) is 5.14. The molecule has 0 bridgehead atoms. The third-order valence-electron chi connectivity index (χ3n) is 2.79. The number of carbonyl (C=O) groups excluding carboxylic acids is 1. The summed E-state index contributed by atoms with van der Waals surface area (Å²) >= 11 is 3.16. The van der Waals surface area contributed by atoms with Gasteiger partial charge in [-0.2, -0.15) is 13.9 Å². The standard InChI is InChI=1S/C14H13BrF2N2O3/c1-3-21-13(20)10-7-19(18-8(10)2)9-4-5-12(11(15)6-9)22-14(16)17/h4-7,14H,3H2,1-2H3. The van der Waals surface area contributed by atoms with Gasteiger partial charge >= 0.3 is 12.6 Å². The number of alkyl halides is 2. The summed E-state index contributed by atoms with van der Waals surface area (Å²) in [7, 11) is 0. The summed E-state index contributed by atoms with van der Waals surface area (Å²) in [6.07, 6.45) is 1.53. The molecule has 8 heteroatoms. The summed E-state index contributed by atoms with van der Waals surface area (Å²) in [6, 6.07) is 4.52. The monoisotopic (exact) mass is 374 g/mol. The molecule has 1 aromatic heterocycles. The van der Waals surface area contributed by atoms with Gasteiger partial charge in [0.1, 0.15) is 11.3 Å². The molecule has 2 aromatic rings. The van der Waals surface area contributed by atoms with Gasteiger partial charge in [-0.05, 0) is 48.0 Å². The maximum Gasteiger partial charge on any atom is 0.387 e. The van der Waals surface area contributed by atoms with Gasteiger partial charge < -0.3 is 9.47 Å². The second-order valence-electron chi connectivity index (χ2n) is 4.29. The minimum atomic E-state index is -2.90. The van der Waals surface area contributed by atoms with E-state index in [0.717, 1.165) is 0 Å². The van der Waals surface area contributed by atoms with Crippen molar-refractivity contribution in [3.63, 3.8) is 0 Å². The van der Waals surface area contributed by atoms with E-state index in [1.807, 2.05) is 0 Å². The van der Waals surface area contributed by atoms with Crippen LogP contribution in [0.3, 0.4) is 0 Å². The van der Waals surface area contributed by atoms with E-state index in [1.165, 1.54) is 16.9 Å². The first-order chi connectivity index (χ1) is 10.4. The zero-order valence-electron chi connectivity index (χ0n) is 11.8. The van der Waals surface area contributed by atoms with Crippen LogP contribution in [0.25, 0.3) is 5.69 Å². The topological polar surface area (TPSA) is 53.4 Å². The van der Waals surface area contributed by atoms with Crippen LogP contribution in [0.2, 0.25) is 0 Å². The molecule has 1 aromatic carbocycles. The van der Waals surface area contributed by atoms with Crippen molar-refractivity contribution in [3.8, 4) is 11.4 Å². The molecule has 5 nitrogen and oxygen atoms in total. The van der Waals surface area contributed by atoms with Crippen LogP contribution in [0.5, 0.6) is 5.75 Å². The molecule has 0 N–H and O–H groups in total. The summed E-state index contributed by atoms with van der Waals surface area (Å²) in [6.45, 7) is 0.779. The first kappa shape index (κ1) is 16.4. The molecule has 0 aliphatic carbocycles. The quantitative estimate of drug-likeness (QED) is 0.748. The van der Waals surface area contributed by atoms with Crippen LogP contribution in [0.4, 0.5) is 8.78 Å². The summed E-state index contributed by atoms with van der Waals surface area (Å²) in [5.74, 6) is -0.434. The SMILES string of the molecule is CCOC(=O)c1cn(-c2ccc(OC(F)F)c(Br)c2)nc1C. The van der Waals surface area contributed by atoms with E-state index in [-0.39, 0.29) is 12.4 Å². The molecule has 0 unspecified atom stereocenters. The van der Waals surface area contributed by atoms with Gasteiger partial charge in [0.25, 0.3) is 0 Å². The number of aromatic nitrogens is 2. The number of aryl methyl sites for hydroxylation is 1. The van der Waals surface area contributed by atoms with Crippen molar-refractivity contribution >= 4 is 21.9 Å². The Morgan fingerprint density at radius 1 is 1.45 bits per heavy atom. The summed E-state index contributed by atoms with van der Waals surface area (Å²) in [4.78, 5) is 11.8. The van der Waals surface area contributed by atoms with E-state index in [2.05, 4.69) is 25.8 Å². The first-order valence-electron chi connectivity index (χ1n) is 6.40. The van der Waals surface area contributed by atoms with E-state index in [9.17, 15) is 13.6 Å². The van der Waals surface area contributed by atoms with E-state index >= 15 is 0 Å². The molecule has 1 heterocycles. The van der Waals surface area contributed by atoms with Gasteiger partial charge in [-0.25, -0.2) is 9.48 Å². The van der Waals surface area contributed by atoms with Gasteiger partial charge in [0.2, 0.25) is 0 Å². The molecule has 2 rings (SSSR count). The third kappa shape index (κ3) is 3.62. The Kier molecular flexibility index (Phi) is 5.12. The molecule has 0 radical (unpaired) electrons. The van der Waals surface area contributed by atoms with Crippen molar-refractivity contribution in [1.82, 2.24) is 9.78 Å². The molecule has 0 saturated heterocycles. The molecular weight excluding hydrogens is 362 g/mol. The molecule has 118 valence electrons. The highest BCUT2D eigenvalue weighted by Gasteiger charge is 2.16. The number of esters is 1. The fourth-order valence-corrected chi connectivity index (χ4v) is 2.29. The number of nitrogens with zero attached hydrogens (tertiary/aromatic N) is 2. The summed E-state index contributed by atoms with van der Waals surface area (Å²) in [5, 5.41) is 4.22. The number of hydrogen-bond acceptors (Lipinski definition) is 4. The van der Waals surface area contributed by atoms with Crippen molar-refractivity contribution in [2.24, 2.45) is 0 Å². The Labute approximate surface area is 134 Å². The van der Waals surface area contributed by atoms with Gasteiger partial charge in [0.15, 0.2) is 0 Å². The Bertz CT molecular complexity index is 689. The summed E-state index contributed by atoms with van der Waals surface area (Å²) in [5.41, 5.74) is 1.46. The second kappa shape index (κ2) is 6.87. The molecule has 0 aliphatic heterocycles. The minimum Gasteiger partial charge on any atom is -0.462 e. The first-order valence-corrected chi connectivity index (χ1v) is 7.19. The fraction of sp³-hybridized carbons (Fsp3) is 0.286. The van der Waals surface area contributed by atoms with Crippen LogP contribution in [-0.2, 0) is 4.74 Å². The lowest BCUT2D eigenvalue weighted by molar-refractivity contribution is -0.0503. The van der Waals surface area contributed by atoms with Crippen LogP contribution < -0.4 is 4.74 Å². The summed E-state index contributed by atoms with van der Waals surface area (Å²) < 4.78 is 35.6. The van der Waals surface area contributed by atoms with Crippen LogP contribution in [0.1, 0.15) is 23.0 Å². The zero-order valence-corrected chi connectivity index (χ0v) is 13.4. The smallest absolute Gasteiger partial charge is 0.387 e. The van der Waals surface area contributed by atoms with Gasteiger partial charge in [-0.1, -0.05) is 0 Å². The van der Waals surface area contributed by atoms with E-state index in [4.69, 9.17) is 4.74 Å². The predicted octanol–water partition coefficient (Wildman–Crippen LogP) is 3.72. The predicted molar refractivity (Wildman–Crippen MR) is 78.6 cm³/mol.